The largest absolute Gasteiger partial charge is 0.453 e. The minimum Gasteiger partial charge on any atom is -0.453 e. The summed E-state index contributed by atoms with van der Waals surface area (Å²) in [7, 11) is 1.23. The van der Waals surface area contributed by atoms with E-state index in [2.05, 4.69) is 20.5 Å². The first-order chi connectivity index (χ1) is 15.5. The number of halogens is 1. The van der Waals surface area contributed by atoms with Gasteiger partial charge in [0.15, 0.2) is 0 Å². The van der Waals surface area contributed by atoms with Crippen molar-refractivity contribution in [2.24, 2.45) is 5.41 Å². The second-order valence-electron chi connectivity index (χ2n) is 8.91. The Morgan fingerprint density at radius 1 is 1.30 bits per heavy atom. The molecule has 0 saturated heterocycles. The number of aliphatic hydroxyl groups is 1. The third kappa shape index (κ3) is 5.12. The first kappa shape index (κ1) is 24.5. The van der Waals surface area contributed by atoms with Crippen molar-refractivity contribution < 1.29 is 24.2 Å². The number of hydrogen-bond donors (Lipinski definition) is 3. The summed E-state index contributed by atoms with van der Waals surface area (Å²) in [5.74, 6) is -0.446. The first-order valence-electron chi connectivity index (χ1n) is 10.4. The number of benzene rings is 1. The minimum atomic E-state index is -0.711. The number of anilines is 1. The molecule has 178 valence electrons. The molecule has 1 aromatic carbocycles. The molecule has 10 nitrogen and oxygen atoms in total. The quantitative estimate of drug-likeness (QED) is 0.607. The zero-order chi connectivity index (χ0) is 24.5. The monoisotopic (exact) mass is 477 g/mol. The fourth-order valence-electron chi connectivity index (χ4n) is 3.57. The summed E-state index contributed by atoms with van der Waals surface area (Å²) in [6, 6.07) is 4.52. The van der Waals surface area contributed by atoms with Crippen molar-refractivity contribution >= 4 is 35.2 Å². The molecule has 2 aromatic rings. The molecule has 0 bridgehead atoms. The van der Waals surface area contributed by atoms with Crippen LogP contribution in [-0.4, -0.2) is 58.0 Å². The van der Waals surface area contributed by atoms with Crippen LogP contribution in [-0.2, 0) is 16.1 Å². The molecule has 0 saturated carbocycles. The molecular formula is C22H28ClN5O5. The maximum atomic E-state index is 13.1. The molecule has 3 rings (SSSR count). The molecule has 1 aliphatic rings. The number of methoxy groups -OCH3 is 1. The number of amides is 3. The molecule has 2 heterocycles. The van der Waals surface area contributed by atoms with Gasteiger partial charge in [0.1, 0.15) is 5.69 Å². The number of aliphatic hydroxyl groups excluding tert-OH is 1. The van der Waals surface area contributed by atoms with Crippen molar-refractivity contribution in [1.82, 2.24) is 20.0 Å². The first-order valence-corrected chi connectivity index (χ1v) is 10.8. The van der Waals surface area contributed by atoms with E-state index < -0.39 is 11.5 Å². The highest BCUT2D eigenvalue weighted by molar-refractivity contribution is 6.31. The van der Waals surface area contributed by atoms with Crippen LogP contribution in [0.3, 0.4) is 0 Å². The van der Waals surface area contributed by atoms with E-state index in [0.29, 0.717) is 39.8 Å². The highest BCUT2D eigenvalue weighted by Crippen LogP contribution is 2.36. The van der Waals surface area contributed by atoms with E-state index in [9.17, 15) is 19.5 Å². The summed E-state index contributed by atoms with van der Waals surface area (Å²) in [6.07, 6.45) is -0.711. The maximum absolute atomic E-state index is 13.1. The number of aromatic nitrogens is 2. The third-order valence-electron chi connectivity index (χ3n) is 5.29. The van der Waals surface area contributed by atoms with Crippen LogP contribution in [0.15, 0.2) is 18.2 Å². The summed E-state index contributed by atoms with van der Waals surface area (Å²) in [5, 5.41) is 20.2. The molecule has 0 fully saturated rings. The van der Waals surface area contributed by atoms with E-state index in [-0.39, 0.29) is 31.1 Å². The number of hydrogen-bond acceptors (Lipinski definition) is 6. The average Bonchev–Trinajstić information content (AvgIpc) is 3.19. The van der Waals surface area contributed by atoms with E-state index in [1.165, 1.54) is 13.2 Å². The number of ether oxygens (including phenoxy) is 1. The van der Waals surface area contributed by atoms with Gasteiger partial charge in [0, 0.05) is 22.5 Å². The van der Waals surface area contributed by atoms with E-state index in [0.717, 1.165) is 0 Å². The van der Waals surface area contributed by atoms with Gasteiger partial charge in [-0.15, -0.1) is 0 Å². The molecule has 1 aliphatic heterocycles. The second kappa shape index (κ2) is 9.40. The van der Waals surface area contributed by atoms with Gasteiger partial charge < -0.3 is 20.1 Å². The molecule has 11 heteroatoms. The van der Waals surface area contributed by atoms with Gasteiger partial charge in [0.2, 0.25) is 5.91 Å². The van der Waals surface area contributed by atoms with Crippen LogP contribution in [0.25, 0.3) is 11.3 Å². The predicted octanol–water partition coefficient (Wildman–Crippen LogP) is 3.01. The maximum Gasteiger partial charge on any atom is 0.411 e. The standard InChI is InChI=1S/C22H28ClN5O5/c1-12-9-27(11-24-20(31)22(2,3)4)19(30)17-8-16(26-28(12)17)18-13(10-29)6-14(23)7-15(18)25-21(32)33-5/h6-8,12,29H,9-11H2,1-5H3,(H,24,31)(H,25,32)/t12-/m0/s1. The Morgan fingerprint density at radius 3 is 2.61 bits per heavy atom. The van der Waals surface area contributed by atoms with Gasteiger partial charge in [-0.05, 0) is 30.7 Å². The Kier molecular flexibility index (Phi) is 6.99. The van der Waals surface area contributed by atoms with Gasteiger partial charge in [-0.3, -0.25) is 19.6 Å². The van der Waals surface area contributed by atoms with Crippen molar-refractivity contribution in [2.75, 3.05) is 25.6 Å². The summed E-state index contributed by atoms with van der Waals surface area (Å²) in [4.78, 5) is 38.8. The fourth-order valence-corrected chi connectivity index (χ4v) is 3.81. The molecule has 0 radical (unpaired) electrons. The number of nitrogens with one attached hydrogen (secondary N) is 2. The summed E-state index contributed by atoms with van der Waals surface area (Å²) < 4.78 is 6.29. The molecule has 0 unspecified atom stereocenters. The molecule has 1 atom stereocenters. The van der Waals surface area contributed by atoms with Gasteiger partial charge in [-0.25, -0.2) is 4.79 Å². The van der Waals surface area contributed by atoms with Crippen LogP contribution in [0, 0.1) is 5.41 Å². The average molecular weight is 478 g/mol. The van der Waals surface area contributed by atoms with E-state index in [1.807, 2.05) is 6.92 Å². The van der Waals surface area contributed by atoms with Crippen LogP contribution < -0.4 is 10.6 Å². The SMILES string of the molecule is COC(=O)Nc1cc(Cl)cc(CO)c1-c1cc2n(n1)[C@@H](C)CN(CNC(=O)C(C)(C)C)C2=O. The predicted molar refractivity (Wildman–Crippen MR) is 123 cm³/mol. The number of carbonyl (C=O) groups excluding carboxylic acids is 3. The van der Waals surface area contributed by atoms with Gasteiger partial charge in [0.25, 0.3) is 5.91 Å². The number of nitrogens with zero attached hydrogens (tertiary/aromatic N) is 3. The van der Waals surface area contributed by atoms with Gasteiger partial charge >= 0.3 is 6.09 Å². The van der Waals surface area contributed by atoms with E-state index >= 15 is 0 Å². The lowest BCUT2D eigenvalue weighted by Crippen LogP contribution is -2.49. The van der Waals surface area contributed by atoms with Crippen molar-refractivity contribution in [3.63, 3.8) is 0 Å². The van der Waals surface area contributed by atoms with Gasteiger partial charge in [0.05, 0.1) is 37.8 Å². The Balaban J connectivity index is 1.98. The minimum absolute atomic E-state index is 0.0811. The van der Waals surface area contributed by atoms with Crippen LogP contribution in [0.1, 0.15) is 49.8 Å². The molecular weight excluding hydrogens is 450 g/mol. The molecule has 0 spiro atoms. The van der Waals surface area contributed by atoms with Crippen LogP contribution >= 0.6 is 11.6 Å². The number of fused-ring (bicyclic) bond motifs is 1. The fraction of sp³-hybridized carbons (Fsp3) is 0.455. The van der Waals surface area contributed by atoms with Crippen LogP contribution in [0.4, 0.5) is 10.5 Å². The molecule has 3 N–H and O–H groups in total. The van der Waals surface area contributed by atoms with E-state index in [4.69, 9.17) is 11.6 Å². The second-order valence-corrected chi connectivity index (χ2v) is 9.35. The molecule has 3 amide bonds. The van der Waals surface area contributed by atoms with E-state index in [1.54, 1.807) is 42.5 Å². The van der Waals surface area contributed by atoms with Gasteiger partial charge in [-0.2, -0.15) is 5.10 Å². The van der Waals surface area contributed by atoms with Crippen molar-refractivity contribution in [3.05, 3.63) is 34.5 Å². The highest BCUT2D eigenvalue weighted by atomic mass is 35.5. The molecule has 1 aromatic heterocycles. The number of rotatable bonds is 5. The van der Waals surface area contributed by atoms with Crippen molar-refractivity contribution in [2.45, 2.75) is 40.3 Å². The summed E-state index contributed by atoms with van der Waals surface area (Å²) >= 11 is 6.15. The zero-order valence-corrected chi connectivity index (χ0v) is 20.0. The smallest absolute Gasteiger partial charge is 0.411 e. The lowest BCUT2D eigenvalue weighted by molar-refractivity contribution is -0.129. The Hall–Kier alpha value is -3.11. The Bertz CT molecular complexity index is 1090. The topological polar surface area (TPSA) is 126 Å². The zero-order valence-electron chi connectivity index (χ0n) is 19.2. The molecule has 33 heavy (non-hydrogen) atoms. The Labute approximate surface area is 196 Å². The summed E-state index contributed by atoms with van der Waals surface area (Å²) in [6.45, 7) is 7.39. The lowest BCUT2D eigenvalue weighted by atomic mass is 9.96. The van der Waals surface area contributed by atoms with Crippen LogP contribution in [0.2, 0.25) is 5.02 Å². The Morgan fingerprint density at radius 2 is 2.00 bits per heavy atom. The molecule has 0 aliphatic carbocycles. The highest BCUT2D eigenvalue weighted by Gasteiger charge is 2.33. The van der Waals surface area contributed by atoms with Gasteiger partial charge in [-0.1, -0.05) is 32.4 Å². The van der Waals surface area contributed by atoms with Crippen molar-refractivity contribution in [1.29, 1.82) is 0 Å². The lowest BCUT2D eigenvalue weighted by Gasteiger charge is -2.32. The van der Waals surface area contributed by atoms with Crippen LogP contribution in [0.5, 0.6) is 0 Å². The third-order valence-corrected chi connectivity index (χ3v) is 5.51. The van der Waals surface area contributed by atoms with Crippen molar-refractivity contribution in [3.8, 4) is 11.3 Å². The normalized spacial score (nSPS) is 15.8. The number of carbonyl (C=O) groups is 3. The summed E-state index contributed by atoms with van der Waals surface area (Å²) in [5.41, 5.74) is 1.30.